The van der Waals surface area contributed by atoms with E-state index in [0.717, 1.165) is 17.3 Å². The lowest BCUT2D eigenvalue weighted by Crippen LogP contribution is -2.43. The predicted molar refractivity (Wildman–Crippen MR) is 120 cm³/mol. The molecule has 1 amide bonds. The Bertz CT molecular complexity index is 949. The average Bonchev–Trinajstić information content (AvgIpc) is 3.53. The maximum Gasteiger partial charge on any atom is 0.277 e. The van der Waals surface area contributed by atoms with E-state index in [-0.39, 0.29) is 16.2 Å². The van der Waals surface area contributed by atoms with Gasteiger partial charge in [0.1, 0.15) is 4.21 Å². The Morgan fingerprint density at radius 3 is 2.60 bits per heavy atom. The summed E-state index contributed by atoms with van der Waals surface area (Å²) in [5, 5.41) is 3.30. The molecule has 164 valence electrons. The molecule has 30 heavy (non-hydrogen) atoms. The topological polar surface area (TPSA) is 68.2 Å². The second kappa shape index (κ2) is 9.27. The molecule has 2 aromatic heterocycles. The van der Waals surface area contributed by atoms with E-state index in [1.807, 2.05) is 0 Å². The highest BCUT2D eigenvalue weighted by Crippen LogP contribution is 2.50. The lowest BCUT2D eigenvalue weighted by atomic mass is 9.81. The third kappa shape index (κ3) is 4.37. The van der Waals surface area contributed by atoms with E-state index < -0.39 is 10.0 Å². The van der Waals surface area contributed by atoms with Gasteiger partial charge in [0.05, 0.1) is 4.88 Å². The maximum absolute atomic E-state index is 13.0. The molecule has 4 atom stereocenters. The van der Waals surface area contributed by atoms with Crippen LogP contribution in [0.3, 0.4) is 0 Å². The molecule has 0 aliphatic heterocycles. The van der Waals surface area contributed by atoms with Gasteiger partial charge in [-0.1, -0.05) is 39.0 Å². The van der Waals surface area contributed by atoms with Gasteiger partial charge in [-0.25, -0.2) is 3.97 Å². The number of carbonyl (C=O) groups is 1. The van der Waals surface area contributed by atoms with Gasteiger partial charge in [0.25, 0.3) is 15.9 Å². The number of nitrogens with one attached hydrogen (secondary N) is 1. The first-order valence-electron chi connectivity index (χ1n) is 11.3. The van der Waals surface area contributed by atoms with Gasteiger partial charge in [0.15, 0.2) is 0 Å². The second-order valence-corrected chi connectivity index (χ2v) is 12.0. The van der Waals surface area contributed by atoms with Crippen molar-refractivity contribution in [3.8, 4) is 0 Å². The quantitative estimate of drug-likeness (QED) is 0.502. The summed E-state index contributed by atoms with van der Waals surface area (Å²) in [7, 11) is -3.62. The van der Waals surface area contributed by atoms with Crippen LogP contribution in [0, 0.1) is 17.8 Å². The minimum Gasteiger partial charge on any atom is -0.348 e. The Labute approximate surface area is 183 Å². The molecule has 2 aliphatic carbocycles. The van der Waals surface area contributed by atoms with Crippen LogP contribution >= 0.6 is 11.3 Å². The molecule has 5 nitrogen and oxygen atoms in total. The van der Waals surface area contributed by atoms with E-state index in [4.69, 9.17) is 0 Å². The number of unbranched alkanes of at least 4 members (excludes halogenated alkanes) is 4. The second-order valence-electron chi connectivity index (χ2n) is 8.84. The zero-order valence-corrected chi connectivity index (χ0v) is 19.3. The van der Waals surface area contributed by atoms with Crippen molar-refractivity contribution < 1.29 is 13.2 Å². The van der Waals surface area contributed by atoms with Gasteiger partial charge in [-0.2, -0.15) is 8.42 Å². The minimum absolute atomic E-state index is 0.123. The fourth-order valence-corrected chi connectivity index (χ4v) is 7.92. The Morgan fingerprint density at radius 1 is 1.10 bits per heavy atom. The van der Waals surface area contributed by atoms with E-state index in [2.05, 4.69) is 12.2 Å². The van der Waals surface area contributed by atoms with E-state index in [1.54, 1.807) is 24.3 Å². The highest BCUT2D eigenvalue weighted by Gasteiger charge is 2.47. The molecule has 4 rings (SSSR count). The van der Waals surface area contributed by atoms with Crippen LogP contribution in [0.4, 0.5) is 0 Å². The monoisotopic (exact) mass is 448 g/mol. The molecule has 0 spiro atoms. The molecule has 4 unspecified atom stereocenters. The van der Waals surface area contributed by atoms with Crippen LogP contribution in [0.5, 0.6) is 0 Å². The number of carbonyl (C=O) groups excluding carboxylic acids is 1. The molecule has 2 saturated carbocycles. The third-order valence-electron chi connectivity index (χ3n) is 6.94. The first-order chi connectivity index (χ1) is 14.5. The molecule has 2 aliphatic rings. The van der Waals surface area contributed by atoms with Crippen molar-refractivity contribution in [2.45, 2.75) is 75.0 Å². The van der Waals surface area contributed by atoms with Gasteiger partial charge in [0.2, 0.25) is 0 Å². The zero-order chi connectivity index (χ0) is 21.1. The number of nitrogens with zero attached hydrogens (tertiary/aromatic N) is 1. The summed E-state index contributed by atoms with van der Waals surface area (Å²) in [6.07, 6.45) is 14.4. The number of hydrogen-bond acceptors (Lipinski definition) is 4. The number of rotatable bonds is 10. The Balaban J connectivity index is 1.40. The van der Waals surface area contributed by atoms with Gasteiger partial charge in [0, 0.05) is 18.4 Å². The highest BCUT2D eigenvalue weighted by atomic mass is 32.2. The Morgan fingerprint density at radius 2 is 1.83 bits per heavy atom. The van der Waals surface area contributed by atoms with Crippen molar-refractivity contribution in [1.29, 1.82) is 0 Å². The van der Waals surface area contributed by atoms with Crippen molar-refractivity contribution in [2.24, 2.45) is 17.8 Å². The third-order valence-corrected chi connectivity index (χ3v) is 10.1. The predicted octanol–water partition coefficient (Wildman–Crippen LogP) is 5.29. The largest absolute Gasteiger partial charge is 0.348 e. The van der Waals surface area contributed by atoms with Gasteiger partial charge in [-0.3, -0.25) is 4.79 Å². The number of amides is 1. The molecule has 0 saturated heterocycles. The number of fused-ring (bicyclic) bond motifs is 2. The standard InChI is InChI=1S/C23H32N2O3S2/c1-2-3-4-5-6-9-19-17-10-11-18(16-17)22(19)24-23(26)20-12-13-21(29-20)30(27,28)25-14-7-8-15-25/h7-8,12-15,17-19,22H,2-6,9-11,16H2,1H3,(H,24,26). The molecule has 7 heteroatoms. The average molecular weight is 449 g/mol. The van der Waals surface area contributed by atoms with Gasteiger partial charge >= 0.3 is 0 Å². The Hall–Kier alpha value is -1.60. The van der Waals surface area contributed by atoms with E-state index in [9.17, 15) is 13.2 Å². The van der Waals surface area contributed by atoms with E-state index in [0.29, 0.717) is 16.7 Å². The van der Waals surface area contributed by atoms with Crippen LogP contribution < -0.4 is 5.32 Å². The van der Waals surface area contributed by atoms with Crippen molar-refractivity contribution in [3.05, 3.63) is 41.5 Å². The van der Waals surface area contributed by atoms with Crippen LogP contribution in [0.1, 0.15) is 74.4 Å². The summed E-state index contributed by atoms with van der Waals surface area (Å²) in [4.78, 5) is 13.4. The van der Waals surface area contributed by atoms with Crippen LogP contribution in [-0.2, 0) is 10.0 Å². The highest BCUT2D eigenvalue weighted by molar-refractivity contribution is 7.92. The first-order valence-corrected chi connectivity index (χ1v) is 13.6. The molecule has 2 fully saturated rings. The number of aromatic nitrogens is 1. The van der Waals surface area contributed by atoms with Crippen LogP contribution in [0.2, 0.25) is 0 Å². The first kappa shape index (κ1) is 21.6. The summed E-state index contributed by atoms with van der Waals surface area (Å²) in [6.45, 7) is 2.24. The van der Waals surface area contributed by atoms with Gasteiger partial charge < -0.3 is 5.32 Å². The SMILES string of the molecule is CCCCCCCC1C2CCC(C2)C1NC(=O)c1ccc(S(=O)(=O)n2cccc2)s1. The minimum atomic E-state index is -3.62. The van der Waals surface area contributed by atoms with Gasteiger partial charge in [-0.05, 0) is 67.7 Å². The molecule has 0 aromatic carbocycles. The van der Waals surface area contributed by atoms with Crippen molar-refractivity contribution >= 4 is 27.3 Å². The summed E-state index contributed by atoms with van der Waals surface area (Å²) in [6, 6.07) is 6.78. The molecule has 2 aromatic rings. The summed E-state index contributed by atoms with van der Waals surface area (Å²) in [5.74, 6) is 1.79. The zero-order valence-electron chi connectivity index (χ0n) is 17.6. The number of hydrogen-bond donors (Lipinski definition) is 1. The fraction of sp³-hybridized carbons (Fsp3) is 0.609. The number of thiophene rings is 1. The molecular weight excluding hydrogens is 416 g/mol. The Kier molecular flexibility index (Phi) is 6.68. The van der Waals surface area contributed by atoms with E-state index in [1.165, 1.54) is 74.2 Å². The van der Waals surface area contributed by atoms with Crippen molar-refractivity contribution in [3.63, 3.8) is 0 Å². The van der Waals surface area contributed by atoms with Crippen LogP contribution in [-0.4, -0.2) is 24.3 Å². The molecule has 0 radical (unpaired) electrons. The van der Waals surface area contributed by atoms with Crippen molar-refractivity contribution in [1.82, 2.24) is 9.29 Å². The fourth-order valence-electron chi connectivity index (χ4n) is 5.42. The van der Waals surface area contributed by atoms with Gasteiger partial charge in [-0.15, -0.1) is 11.3 Å². The molecule has 1 N–H and O–H groups in total. The molecule has 2 bridgehead atoms. The summed E-state index contributed by atoms with van der Waals surface area (Å²) >= 11 is 1.06. The molecular formula is C23H32N2O3S2. The van der Waals surface area contributed by atoms with Crippen LogP contribution in [0.15, 0.2) is 40.9 Å². The van der Waals surface area contributed by atoms with Crippen molar-refractivity contribution in [2.75, 3.05) is 0 Å². The lowest BCUT2D eigenvalue weighted by Gasteiger charge is -2.31. The van der Waals surface area contributed by atoms with Crippen LogP contribution in [0.25, 0.3) is 0 Å². The normalized spacial score (nSPS) is 25.6. The molecule has 2 heterocycles. The lowest BCUT2D eigenvalue weighted by molar-refractivity contribution is 0.0900. The summed E-state index contributed by atoms with van der Waals surface area (Å²) < 4.78 is 26.7. The smallest absolute Gasteiger partial charge is 0.277 e. The summed E-state index contributed by atoms with van der Waals surface area (Å²) in [5.41, 5.74) is 0. The maximum atomic E-state index is 13.0. The van der Waals surface area contributed by atoms with E-state index >= 15 is 0 Å².